The Labute approximate surface area is 153 Å². The third-order valence-electron chi connectivity index (χ3n) is 3.62. The maximum Gasteiger partial charge on any atom is 0.251 e. The minimum atomic E-state index is -0.383. The van der Waals surface area contributed by atoms with E-state index in [-0.39, 0.29) is 36.3 Å². The molecule has 0 heterocycles. The number of nitrogens with zero attached hydrogens (tertiary/aromatic N) is 1. The molecule has 0 atom stereocenters. The van der Waals surface area contributed by atoms with E-state index < -0.39 is 0 Å². The molecule has 3 N–H and O–H groups in total. The molecule has 23 heavy (non-hydrogen) atoms. The number of hydrogen-bond donors (Lipinski definition) is 2. The average molecular weight is 364 g/mol. The van der Waals surface area contributed by atoms with Gasteiger partial charge < -0.3 is 16.0 Å². The Morgan fingerprint density at radius 3 is 2.17 bits per heavy atom. The van der Waals surface area contributed by atoms with Crippen molar-refractivity contribution in [2.24, 2.45) is 5.73 Å². The molecule has 0 saturated heterocycles. The first kappa shape index (κ1) is 24.3. The van der Waals surface area contributed by atoms with Crippen molar-refractivity contribution >= 4 is 36.4 Å². The van der Waals surface area contributed by atoms with Crippen molar-refractivity contribution in [3.8, 4) is 0 Å². The standard InChI is InChI=1S/C17H29N3O.2ClH/c1-5-7-12-20(6-2)15-10-8-14(9-11-15)16(21)19-17(3,4)13-18;;/h8-11H,5-7,12-13,18H2,1-4H3,(H,19,21);2*1H. The maximum atomic E-state index is 12.2. The summed E-state index contributed by atoms with van der Waals surface area (Å²) in [5.74, 6) is -0.0754. The van der Waals surface area contributed by atoms with E-state index >= 15 is 0 Å². The fourth-order valence-corrected chi connectivity index (χ4v) is 2.07. The van der Waals surface area contributed by atoms with Crippen molar-refractivity contribution in [3.63, 3.8) is 0 Å². The number of rotatable bonds is 8. The zero-order valence-electron chi connectivity index (χ0n) is 14.6. The lowest BCUT2D eigenvalue weighted by atomic mass is 10.0. The van der Waals surface area contributed by atoms with Gasteiger partial charge in [-0.2, -0.15) is 0 Å². The Balaban J connectivity index is 0. The lowest BCUT2D eigenvalue weighted by molar-refractivity contribution is 0.0916. The second-order valence-corrected chi connectivity index (χ2v) is 6.02. The van der Waals surface area contributed by atoms with Crippen LogP contribution in [0.15, 0.2) is 24.3 Å². The van der Waals surface area contributed by atoms with Gasteiger partial charge in [-0.25, -0.2) is 0 Å². The fraction of sp³-hybridized carbons (Fsp3) is 0.588. The Kier molecular flexibility index (Phi) is 12.2. The van der Waals surface area contributed by atoms with Crippen LogP contribution in [0.1, 0.15) is 50.9 Å². The molecule has 0 bridgehead atoms. The molecule has 0 saturated carbocycles. The second kappa shape index (κ2) is 11.5. The summed E-state index contributed by atoms with van der Waals surface area (Å²) in [6.45, 7) is 10.6. The molecule has 0 aliphatic heterocycles. The van der Waals surface area contributed by atoms with E-state index in [9.17, 15) is 4.79 Å². The molecule has 0 radical (unpaired) electrons. The van der Waals surface area contributed by atoms with Gasteiger partial charge in [0.25, 0.3) is 5.91 Å². The van der Waals surface area contributed by atoms with E-state index in [2.05, 4.69) is 24.1 Å². The summed E-state index contributed by atoms with van der Waals surface area (Å²) in [5, 5.41) is 2.94. The van der Waals surface area contributed by atoms with Crippen LogP contribution in [-0.4, -0.2) is 31.1 Å². The van der Waals surface area contributed by atoms with Crippen molar-refractivity contribution in [1.29, 1.82) is 0 Å². The molecule has 1 rings (SSSR count). The summed E-state index contributed by atoms with van der Waals surface area (Å²) in [6, 6.07) is 7.80. The first-order valence-electron chi connectivity index (χ1n) is 7.81. The Morgan fingerprint density at radius 1 is 1.17 bits per heavy atom. The highest BCUT2D eigenvalue weighted by Gasteiger charge is 2.19. The first-order valence-corrected chi connectivity index (χ1v) is 7.81. The highest BCUT2D eigenvalue weighted by atomic mass is 35.5. The normalized spacial score (nSPS) is 10.3. The molecular weight excluding hydrogens is 333 g/mol. The smallest absolute Gasteiger partial charge is 0.251 e. The van der Waals surface area contributed by atoms with Gasteiger partial charge in [0, 0.05) is 36.4 Å². The highest BCUT2D eigenvalue weighted by molar-refractivity contribution is 5.95. The molecule has 6 heteroatoms. The fourth-order valence-electron chi connectivity index (χ4n) is 2.07. The lowest BCUT2D eigenvalue weighted by Gasteiger charge is -2.25. The van der Waals surface area contributed by atoms with Crippen LogP contribution in [0.2, 0.25) is 0 Å². The van der Waals surface area contributed by atoms with Gasteiger partial charge in [0.1, 0.15) is 0 Å². The van der Waals surface area contributed by atoms with Gasteiger partial charge >= 0.3 is 0 Å². The van der Waals surface area contributed by atoms with Crippen LogP contribution in [0.5, 0.6) is 0 Å². The molecule has 0 fully saturated rings. The third kappa shape index (κ3) is 7.91. The van der Waals surface area contributed by atoms with Gasteiger partial charge in [-0.1, -0.05) is 13.3 Å². The number of benzene rings is 1. The molecule has 134 valence electrons. The van der Waals surface area contributed by atoms with Crippen LogP contribution in [0.25, 0.3) is 0 Å². The zero-order chi connectivity index (χ0) is 15.9. The summed E-state index contributed by atoms with van der Waals surface area (Å²) in [7, 11) is 0. The summed E-state index contributed by atoms with van der Waals surface area (Å²) in [4.78, 5) is 14.5. The van der Waals surface area contributed by atoms with Gasteiger partial charge in [0.05, 0.1) is 0 Å². The van der Waals surface area contributed by atoms with Crippen LogP contribution in [0.3, 0.4) is 0 Å². The monoisotopic (exact) mass is 363 g/mol. The van der Waals surface area contributed by atoms with Crippen molar-refractivity contribution in [2.45, 2.75) is 46.1 Å². The van der Waals surface area contributed by atoms with Gasteiger partial charge in [0.15, 0.2) is 0 Å². The van der Waals surface area contributed by atoms with Gasteiger partial charge in [-0.15, -0.1) is 24.8 Å². The molecular formula is C17H31Cl2N3O. The average Bonchev–Trinajstić information content (AvgIpc) is 2.48. The number of carbonyl (C=O) groups is 1. The van der Waals surface area contributed by atoms with Gasteiger partial charge in [0.2, 0.25) is 0 Å². The third-order valence-corrected chi connectivity index (χ3v) is 3.62. The van der Waals surface area contributed by atoms with Crippen LogP contribution < -0.4 is 16.0 Å². The summed E-state index contributed by atoms with van der Waals surface area (Å²) >= 11 is 0. The molecule has 0 aromatic heterocycles. The molecule has 0 unspecified atom stereocenters. The summed E-state index contributed by atoms with van der Waals surface area (Å²) in [5.41, 5.74) is 7.10. The largest absolute Gasteiger partial charge is 0.372 e. The quantitative estimate of drug-likeness (QED) is 0.741. The van der Waals surface area contributed by atoms with Crippen LogP contribution >= 0.6 is 24.8 Å². The molecule has 1 aromatic carbocycles. The number of unbranched alkanes of at least 4 members (excludes halogenated alkanes) is 1. The van der Waals surface area contributed by atoms with E-state index in [0.29, 0.717) is 12.1 Å². The minimum Gasteiger partial charge on any atom is -0.372 e. The topological polar surface area (TPSA) is 58.4 Å². The number of nitrogens with two attached hydrogens (primary N) is 1. The summed E-state index contributed by atoms with van der Waals surface area (Å²) < 4.78 is 0. The van der Waals surface area contributed by atoms with Gasteiger partial charge in [-0.05, 0) is 51.5 Å². The molecule has 0 aliphatic rings. The lowest BCUT2D eigenvalue weighted by Crippen LogP contribution is -2.48. The molecule has 0 aliphatic carbocycles. The van der Waals surface area contributed by atoms with Crippen LogP contribution in [0.4, 0.5) is 5.69 Å². The van der Waals surface area contributed by atoms with Crippen LogP contribution in [-0.2, 0) is 0 Å². The predicted octanol–water partition coefficient (Wildman–Crippen LogP) is 3.62. The number of carbonyl (C=O) groups excluding carboxylic acids is 1. The number of hydrogen-bond acceptors (Lipinski definition) is 3. The minimum absolute atomic E-state index is 0. The first-order chi connectivity index (χ1) is 9.93. The second-order valence-electron chi connectivity index (χ2n) is 6.02. The number of amides is 1. The van der Waals surface area contributed by atoms with E-state index in [4.69, 9.17) is 5.73 Å². The van der Waals surface area contributed by atoms with E-state index in [1.54, 1.807) is 0 Å². The molecule has 1 amide bonds. The van der Waals surface area contributed by atoms with E-state index in [1.165, 1.54) is 18.5 Å². The van der Waals surface area contributed by atoms with Crippen molar-refractivity contribution in [3.05, 3.63) is 29.8 Å². The maximum absolute atomic E-state index is 12.2. The molecule has 0 spiro atoms. The zero-order valence-corrected chi connectivity index (χ0v) is 16.2. The molecule has 1 aromatic rings. The predicted molar refractivity (Wildman–Crippen MR) is 104 cm³/mol. The van der Waals surface area contributed by atoms with Crippen molar-refractivity contribution < 1.29 is 4.79 Å². The summed E-state index contributed by atoms with van der Waals surface area (Å²) in [6.07, 6.45) is 2.37. The van der Waals surface area contributed by atoms with Crippen LogP contribution in [0, 0.1) is 0 Å². The Hall–Kier alpha value is -0.970. The molecule has 4 nitrogen and oxygen atoms in total. The number of nitrogens with one attached hydrogen (secondary N) is 1. The van der Waals surface area contributed by atoms with E-state index in [0.717, 1.165) is 13.1 Å². The Morgan fingerprint density at radius 2 is 1.74 bits per heavy atom. The van der Waals surface area contributed by atoms with Crippen molar-refractivity contribution in [2.75, 3.05) is 24.5 Å². The SMILES string of the molecule is CCCCN(CC)c1ccc(C(=O)NC(C)(C)CN)cc1.Cl.Cl. The van der Waals surface area contributed by atoms with Crippen molar-refractivity contribution in [1.82, 2.24) is 5.32 Å². The van der Waals surface area contributed by atoms with E-state index in [1.807, 2.05) is 38.1 Å². The highest BCUT2D eigenvalue weighted by Crippen LogP contribution is 2.16. The van der Waals surface area contributed by atoms with Gasteiger partial charge in [-0.3, -0.25) is 4.79 Å². The number of anilines is 1. The Bertz CT molecular complexity index is 450. The number of halogens is 2.